The number of carbonyl (C=O) groups is 2. The van der Waals surface area contributed by atoms with E-state index in [2.05, 4.69) is 0 Å². The van der Waals surface area contributed by atoms with Crippen LogP contribution in [-0.4, -0.2) is 66.3 Å². The first-order chi connectivity index (χ1) is 7.69. The highest BCUT2D eigenvalue weighted by Gasteiger charge is 2.24. The Morgan fingerprint density at radius 2 is 2.06 bits per heavy atom. The van der Waals surface area contributed by atoms with Crippen LogP contribution in [0, 0.1) is 0 Å². The summed E-state index contributed by atoms with van der Waals surface area (Å²) in [5.74, 6) is 0.917. The maximum absolute atomic E-state index is 11.9. The molecule has 5 nitrogen and oxygen atoms in total. The summed E-state index contributed by atoms with van der Waals surface area (Å²) in [5, 5.41) is 0. The molecule has 0 radical (unpaired) electrons. The molecule has 0 aromatic rings. The van der Waals surface area contributed by atoms with Crippen LogP contribution >= 0.6 is 11.8 Å². The zero-order valence-electron chi connectivity index (χ0n) is 9.59. The van der Waals surface area contributed by atoms with Crippen molar-refractivity contribution in [3.8, 4) is 0 Å². The molecule has 0 bridgehead atoms. The zero-order chi connectivity index (χ0) is 12.0. The summed E-state index contributed by atoms with van der Waals surface area (Å²) in [5.41, 5.74) is 5.81. The highest BCUT2D eigenvalue weighted by atomic mass is 32.2. The second-order valence-electron chi connectivity index (χ2n) is 3.85. The molecule has 2 amide bonds. The van der Waals surface area contributed by atoms with Crippen LogP contribution in [0.4, 0.5) is 0 Å². The van der Waals surface area contributed by atoms with Crippen LogP contribution in [-0.2, 0) is 9.59 Å². The van der Waals surface area contributed by atoms with Crippen molar-refractivity contribution in [2.75, 3.05) is 38.2 Å². The largest absolute Gasteiger partial charge is 0.342 e. The Hall–Kier alpha value is -0.750. The number of rotatable bonds is 5. The molecule has 0 spiro atoms. The second-order valence-corrected chi connectivity index (χ2v) is 4.84. The molecule has 0 aromatic heterocycles. The molecule has 1 aliphatic heterocycles. The van der Waals surface area contributed by atoms with E-state index in [1.54, 1.807) is 21.6 Å². The fourth-order valence-corrected chi connectivity index (χ4v) is 2.14. The molecular weight excluding hydrogens is 226 g/mol. The summed E-state index contributed by atoms with van der Waals surface area (Å²) in [6.45, 7) is 2.43. The third-order valence-electron chi connectivity index (χ3n) is 2.73. The summed E-state index contributed by atoms with van der Waals surface area (Å²) >= 11 is 1.69. The molecular formula is C10H19N3O2S. The van der Waals surface area contributed by atoms with Gasteiger partial charge >= 0.3 is 0 Å². The third kappa shape index (κ3) is 3.68. The maximum atomic E-state index is 11.9. The standard InChI is InChI=1S/C10H19N3O2S/c1-16-7-2-9(11)10(15)13-5-3-12(8-14)4-6-13/h8-9H,2-7,11H2,1H3/t9-/m1/s1. The molecule has 1 heterocycles. The van der Waals surface area contributed by atoms with Gasteiger partial charge in [0.2, 0.25) is 12.3 Å². The van der Waals surface area contributed by atoms with Gasteiger partial charge in [0.25, 0.3) is 0 Å². The number of thioether (sulfide) groups is 1. The average molecular weight is 245 g/mol. The molecule has 0 aliphatic carbocycles. The van der Waals surface area contributed by atoms with Crippen molar-refractivity contribution in [2.45, 2.75) is 12.5 Å². The van der Waals surface area contributed by atoms with Crippen molar-refractivity contribution in [3.05, 3.63) is 0 Å². The number of hydrogen-bond acceptors (Lipinski definition) is 4. The number of nitrogens with zero attached hydrogens (tertiary/aromatic N) is 2. The predicted molar refractivity (Wildman–Crippen MR) is 65.2 cm³/mol. The van der Waals surface area contributed by atoms with Crippen molar-refractivity contribution in [1.29, 1.82) is 0 Å². The molecule has 1 saturated heterocycles. The Morgan fingerprint density at radius 3 is 2.56 bits per heavy atom. The SMILES string of the molecule is CSCC[C@@H](N)C(=O)N1CCN(C=O)CC1. The minimum atomic E-state index is -0.393. The van der Waals surface area contributed by atoms with E-state index in [1.165, 1.54) is 0 Å². The van der Waals surface area contributed by atoms with Crippen molar-refractivity contribution in [1.82, 2.24) is 9.80 Å². The number of nitrogens with two attached hydrogens (primary N) is 1. The number of amides is 2. The predicted octanol–water partition coefficient (Wildman–Crippen LogP) is -0.633. The van der Waals surface area contributed by atoms with Crippen LogP contribution in [0.5, 0.6) is 0 Å². The maximum Gasteiger partial charge on any atom is 0.239 e. The highest BCUT2D eigenvalue weighted by Crippen LogP contribution is 2.05. The molecule has 0 unspecified atom stereocenters. The van der Waals surface area contributed by atoms with Crippen LogP contribution < -0.4 is 5.73 Å². The molecule has 0 saturated carbocycles. The number of carbonyl (C=O) groups excluding carboxylic acids is 2. The lowest BCUT2D eigenvalue weighted by Crippen LogP contribution is -2.52. The minimum Gasteiger partial charge on any atom is -0.342 e. The van der Waals surface area contributed by atoms with E-state index >= 15 is 0 Å². The lowest BCUT2D eigenvalue weighted by molar-refractivity contribution is -0.136. The molecule has 1 aliphatic rings. The fourth-order valence-electron chi connectivity index (χ4n) is 1.65. The first-order valence-corrected chi connectivity index (χ1v) is 6.81. The Bertz CT molecular complexity index is 242. The quantitative estimate of drug-likeness (QED) is 0.655. The number of piperazine rings is 1. The molecule has 2 N–H and O–H groups in total. The first kappa shape index (κ1) is 13.3. The van der Waals surface area contributed by atoms with Gasteiger partial charge in [-0.2, -0.15) is 11.8 Å². The van der Waals surface area contributed by atoms with Gasteiger partial charge in [-0.25, -0.2) is 0 Å². The van der Waals surface area contributed by atoms with Gasteiger partial charge in [-0.05, 0) is 18.4 Å². The van der Waals surface area contributed by atoms with Gasteiger partial charge in [-0.1, -0.05) is 0 Å². The summed E-state index contributed by atoms with van der Waals surface area (Å²) in [6.07, 6.45) is 3.55. The highest BCUT2D eigenvalue weighted by molar-refractivity contribution is 7.98. The zero-order valence-corrected chi connectivity index (χ0v) is 10.4. The van der Waals surface area contributed by atoms with Crippen LogP contribution in [0.3, 0.4) is 0 Å². The molecule has 1 atom stereocenters. The smallest absolute Gasteiger partial charge is 0.239 e. The van der Waals surface area contributed by atoms with Crippen LogP contribution in [0.1, 0.15) is 6.42 Å². The van der Waals surface area contributed by atoms with E-state index in [-0.39, 0.29) is 5.91 Å². The van der Waals surface area contributed by atoms with Crippen molar-refractivity contribution >= 4 is 24.1 Å². The minimum absolute atomic E-state index is 0.0135. The topological polar surface area (TPSA) is 66.6 Å². The van der Waals surface area contributed by atoms with Gasteiger partial charge in [0.15, 0.2) is 0 Å². The Kier molecular flexibility index (Phi) is 5.62. The van der Waals surface area contributed by atoms with Crippen molar-refractivity contribution < 1.29 is 9.59 Å². The van der Waals surface area contributed by atoms with Crippen molar-refractivity contribution in [2.24, 2.45) is 5.73 Å². The second kappa shape index (κ2) is 6.75. The summed E-state index contributed by atoms with van der Waals surface area (Å²) in [4.78, 5) is 25.8. The van der Waals surface area contributed by atoms with Crippen LogP contribution in [0.25, 0.3) is 0 Å². The van der Waals surface area contributed by atoms with Gasteiger partial charge in [0, 0.05) is 26.2 Å². The molecule has 1 fully saturated rings. The molecule has 1 rings (SSSR count). The van der Waals surface area contributed by atoms with Gasteiger partial charge < -0.3 is 15.5 Å². The van der Waals surface area contributed by atoms with Crippen LogP contribution in [0.2, 0.25) is 0 Å². The Balaban J connectivity index is 2.34. The van der Waals surface area contributed by atoms with E-state index in [0.29, 0.717) is 32.6 Å². The summed E-state index contributed by atoms with van der Waals surface area (Å²) < 4.78 is 0. The third-order valence-corrected chi connectivity index (χ3v) is 3.37. The molecule has 0 aromatic carbocycles. The van der Waals surface area contributed by atoms with E-state index in [0.717, 1.165) is 12.2 Å². The van der Waals surface area contributed by atoms with Crippen LogP contribution in [0.15, 0.2) is 0 Å². The van der Waals surface area contributed by atoms with E-state index in [9.17, 15) is 9.59 Å². The average Bonchev–Trinajstić information content (AvgIpc) is 2.35. The van der Waals surface area contributed by atoms with Gasteiger partial charge in [0.1, 0.15) is 0 Å². The molecule has 92 valence electrons. The monoisotopic (exact) mass is 245 g/mol. The van der Waals surface area contributed by atoms with Gasteiger partial charge in [0.05, 0.1) is 6.04 Å². The fraction of sp³-hybridized carbons (Fsp3) is 0.800. The lowest BCUT2D eigenvalue weighted by atomic mass is 10.2. The van der Waals surface area contributed by atoms with E-state index in [1.807, 2.05) is 6.26 Å². The van der Waals surface area contributed by atoms with E-state index in [4.69, 9.17) is 5.73 Å². The summed E-state index contributed by atoms with van der Waals surface area (Å²) in [6, 6.07) is -0.393. The van der Waals surface area contributed by atoms with Gasteiger partial charge in [-0.15, -0.1) is 0 Å². The Morgan fingerprint density at radius 1 is 1.44 bits per heavy atom. The summed E-state index contributed by atoms with van der Waals surface area (Å²) in [7, 11) is 0. The van der Waals surface area contributed by atoms with Gasteiger partial charge in [-0.3, -0.25) is 9.59 Å². The number of hydrogen-bond donors (Lipinski definition) is 1. The van der Waals surface area contributed by atoms with Crippen molar-refractivity contribution in [3.63, 3.8) is 0 Å². The first-order valence-electron chi connectivity index (χ1n) is 5.41. The normalized spacial score (nSPS) is 18.4. The lowest BCUT2D eigenvalue weighted by Gasteiger charge is -2.33. The molecule has 16 heavy (non-hydrogen) atoms. The Labute approximate surface area is 100 Å². The van der Waals surface area contributed by atoms with E-state index < -0.39 is 6.04 Å². The molecule has 6 heteroatoms.